The molecule has 0 atom stereocenters. The molecule has 0 aromatic carbocycles. The van der Waals surface area contributed by atoms with Crippen LogP contribution in [0.25, 0.3) is 0 Å². The highest BCUT2D eigenvalue weighted by Gasteiger charge is 2.42. The van der Waals surface area contributed by atoms with Crippen molar-refractivity contribution in [3.63, 3.8) is 0 Å². The summed E-state index contributed by atoms with van der Waals surface area (Å²) in [7, 11) is 0. The molecule has 0 heterocycles. The van der Waals surface area contributed by atoms with E-state index in [1.807, 2.05) is 0 Å². The van der Waals surface area contributed by atoms with Crippen LogP contribution in [0.15, 0.2) is 0 Å². The number of amides is 1. The van der Waals surface area contributed by atoms with E-state index in [9.17, 15) is 4.79 Å². The third kappa shape index (κ3) is 3.21. The lowest BCUT2D eigenvalue weighted by molar-refractivity contribution is -0.121. The van der Waals surface area contributed by atoms with E-state index in [-0.39, 0.29) is 5.91 Å². The van der Waals surface area contributed by atoms with Crippen molar-refractivity contribution in [2.45, 2.75) is 63.5 Å². The van der Waals surface area contributed by atoms with Gasteiger partial charge < -0.3 is 10.6 Å². The molecule has 3 aliphatic carbocycles. The van der Waals surface area contributed by atoms with Crippen molar-refractivity contribution in [1.29, 1.82) is 0 Å². The first-order valence-corrected chi connectivity index (χ1v) is 7.35. The molecular weight excluding hydrogens is 212 g/mol. The van der Waals surface area contributed by atoms with Crippen LogP contribution in [0.5, 0.6) is 0 Å². The standard InChI is InChI=1S/C14H24N2O/c17-13(9-15-12-3-1-2-4-12)16-14(10-5-6-10)11-7-8-11/h10-12,14-15H,1-9H2,(H,16,17). The lowest BCUT2D eigenvalue weighted by atomic mass is 10.1. The molecule has 0 radical (unpaired) electrons. The zero-order valence-corrected chi connectivity index (χ0v) is 10.6. The van der Waals surface area contributed by atoms with E-state index in [1.54, 1.807) is 0 Å². The summed E-state index contributed by atoms with van der Waals surface area (Å²) in [5.74, 6) is 1.83. The number of carbonyl (C=O) groups excluding carboxylic acids is 1. The number of hydrogen-bond donors (Lipinski definition) is 2. The second-order valence-corrected chi connectivity index (χ2v) is 6.13. The first kappa shape index (κ1) is 11.5. The maximum Gasteiger partial charge on any atom is 0.234 e. The van der Waals surface area contributed by atoms with Gasteiger partial charge in [0.2, 0.25) is 5.91 Å². The molecule has 3 nitrogen and oxygen atoms in total. The van der Waals surface area contributed by atoms with Crippen LogP contribution in [0, 0.1) is 11.8 Å². The molecule has 17 heavy (non-hydrogen) atoms. The molecule has 1 amide bonds. The second kappa shape index (κ2) is 4.97. The van der Waals surface area contributed by atoms with Gasteiger partial charge in [0.05, 0.1) is 6.54 Å². The van der Waals surface area contributed by atoms with Gasteiger partial charge in [-0.2, -0.15) is 0 Å². The molecule has 0 aliphatic heterocycles. The van der Waals surface area contributed by atoms with Crippen molar-refractivity contribution in [2.75, 3.05) is 6.54 Å². The van der Waals surface area contributed by atoms with E-state index in [4.69, 9.17) is 0 Å². The van der Waals surface area contributed by atoms with E-state index in [1.165, 1.54) is 51.4 Å². The molecule has 0 aromatic heterocycles. The van der Waals surface area contributed by atoms with E-state index in [0.717, 1.165) is 11.8 Å². The third-order valence-corrected chi connectivity index (χ3v) is 4.49. The van der Waals surface area contributed by atoms with Crippen LogP contribution in [0.1, 0.15) is 51.4 Å². The van der Waals surface area contributed by atoms with Gasteiger partial charge >= 0.3 is 0 Å². The minimum atomic E-state index is 0.223. The number of hydrogen-bond acceptors (Lipinski definition) is 2. The number of rotatable bonds is 6. The Hall–Kier alpha value is -0.570. The van der Waals surface area contributed by atoms with Crippen molar-refractivity contribution in [1.82, 2.24) is 10.6 Å². The Balaban J connectivity index is 1.39. The third-order valence-electron chi connectivity index (χ3n) is 4.49. The van der Waals surface area contributed by atoms with Gasteiger partial charge in [-0.25, -0.2) is 0 Å². The molecule has 0 aromatic rings. The molecule has 3 rings (SSSR count). The Morgan fingerprint density at radius 1 is 1.00 bits per heavy atom. The van der Waals surface area contributed by atoms with Crippen molar-refractivity contribution in [2.24, 2.45) is 11.8 Å². The molecule has 3 heteroatoms. The molecular formula is C14H24N2O. The summed E-state index contributed by atoms with van der Waals surface area (Å²) in [5, 5.41) is 6.66. The van der Waals surface area contributed by atoms with Gasteiger partial charge in [0.15, 0.2) is 0 Å². The summed E-state index contributed by atoms with van der Waals surface area (Å²) in [6.45, 7) is 0.528. The zero-order valence-electron chi connectivity index (χ0n) is 10.6. The summed E-state index contributed by atoms with van der Waals surface area (Å²) in [6.07, 6.45) is 10.5. The monoisotopic (exact) mass is 236 g/mol. The Kier molecular flexibility index (Phi) is 3.37. The molecule has 2 N–H and O–H groups in total. The SMILES string of the molecule is O=C(CNC1CCCC1)NC(C1CC1)C1CC1. The summed E-state index contributed by atoms with van der Waals surface area (Å²) >= 11 is 0. The first-order chi connectivity index (χ1) is 8.33. The number of carbonyl (C=O) groups is 1. The van der Waals surface area contributed by atoms with Crippen molar-refractivity contribution >= 4 is 5.91 Å². The van der Waals surface area contributed by atoms with Gasteiger partial charge in [-0.05, 0) is 50.4 Å². The highest BCUT2D eigenvalue weighted by molar-refractivity contribution is 5.78. The van der Waals surface area contributed by atoms with E-state index >= 15 is 0 Å². The lowest BCUT2D eigenvalue weighted by Gasteiger charge is -2.19. The van der Waals surface area contributed by atoms with Gasteiger partial charge in [-0.1, -0.05) is 12.8 Å². The highest BCUT2D eigenvalue weighted by atomic mass is 16.2. The maximum atomic E-state index is 11.9. The minimum Gasteiger partial charge on any atom is -0.352 e. The topological polar surface area (TPSA) is 41.1 Å². The fourth-order valence-electron chi connectivity index (χ4n) is 3.14. The molecule has 3 saturated carbocycles. The van der Waals surface area contributed by atoms with Crippen LogP contribution in [0.4, 0.5) is 0 Å². The van der Waals surface area contributed by atoms with Crippen molar-refractivity contribution in [3.8, 4) is 0 Å². The Labute approximate surface area is 104 Å². The largest absolute Gasteiger partial charge is 0.352 e. The average molecular weight is 236 g/mol. The molecule has 0 spiro atoms. The van der Waals surface area contributed by atoms with E-state index in [0.29, 0.717) is 18.6 Å². The molecule has 0 bridgehead atoms. The molecule has 0 saturated heterocycles. The molecule has 3 fully saturated rings. The smallest absolute Gasteiger partial charge is 0.234 e. The highest BCUT2D eigenvalue weighted by Crippen LogP contribution is 2.44. The minimum absolute atomic E-state index is 0.223. The lowest BCUT2D eigenvalue weighted by Crippen LogP contribution is -2.44. The van der Waals surface area contributed by atoms with Crippen molar-refractivity contribution in [3.05, 3.63) is 0 Å². The second-order valence-electron chi connectivity index (χ2n) is 6.13. The Bertz CT molecular complexity index is 266. The Morgan fingerprint density at radius 2 is 1.59 bits per heavy atom. The molecule has 96 valence electrons. The Morgan fingerprint density at radius 3 is 2.12 bits per heavy atom. The van der Waals surface area contributed by atoms with Gasteiger partial charge in [0.25, 0.3) is 0 Å². The molecule has 3 aliphatic rings. The van der Waals surface area contributed by atoms with Crippen LogP contribution in [-0.4, -0.2) is 24.5 Å². The predicted octanol–water partition coefficient (Wildman–Crippen LogP) is 1.82. The fraction of sp³-hybridized carbons (Fsp3) is 0.929. The maximum absolute atomic E-state index is 11.9. The van der Waals surface area contributed by atoms with Gasteiger partial charge in [0, 0.05) is 12.1 Å². The summed E-state index contributed by atoms with van der Waals surface area (Å²) in [5.41, 5.74) is 0. The fourth-order valence-corrected chi connectivity index (χ4v) is 3.14. The van der Waals surface area contributed by atoms with E-state index in [2.05, 4.69) is 10.6 Å². The quantitative estimate of drug-likeness (QED) is 0.738. The van der Waals surface area contributed by atoms with E-state index < -0.39 is 0 Å². The van der Waals surface area contributed by atoms with Gasteiger partial charge in [-0.3, -0.25) is 4.79 Å². The van der Waals surface area contributed by atoms with Gasteiger partial charge in [-0.15, -0.1) is 0 Å². The summed E-state index contributed by atoms with van der Waals surface area (Å²) in [4.78, 5) is 11.9. The predicted molar refractivity (Wildman–Crippen MR) is 67.6 cm³/mol. The van der Waals surface area contributed by atoms with Crippen LogP contribution in [-0.2, 0) is 4.79 Å². The zero-order chi connectivity index (χ0) is 11.7. The average Bonchev–Trinajstić information content (AvgIpc) is 3.24. The van der Waals surface area contributed by atoms with Crippen molar-refractivity contribution < 1.29 is 4.79 Å². The first-order valence-electron chi connectivity index (χ1n) is 7.35. The number of nitrogens with one attached hydrogen (secondary N) is 2. The van der Waals surface area contributed by atoms with Crippen LogP contribution < -0.4 is 10.6 Å². The molecule has 0 unspecified atom stereocenters. The summed E-state index contributed by atoms with van der Waals surface area (Å²) < 4.78 is 0. The van der Waals surface area contributed by atoms with Crippen LogP contribution >= 0.6 is 0 Å². The van der Waals surface area contributed by atoms with Crippen LogP contribution in [0.3, 0.4) is 0 Å². The van der Waals surface area contributed by atoms with Crippen LogP contribution in [0.2, 0.25) is 0 Å². The summed E-state index contributed by atoms with van der Waals surface area (Å²) in [6, 6.07) is 1.11. The van der Waals surface area contributed by atoms with Gasteiger partial charge in [0.1, 0.15) is 0 Å². The normalized spacial score (nSPS) is 25.5.